The first-order chi connectivity index (χ1) is 11.4. The van der Waals surface area contributed by atoms with E-state index in [1.807, 2.05) is 12.1 Å². The van der Waals surface area contributed by atoms with Gasteiger partial charge in [-0.3, -0.25) is 4.40 Å². The number of benzene rings is 1. The Labute approximate surface area is 135 Å². The van der Waals surface area contributed by atoms with Crippen molar-refractivity contribution in [2.75, 3.05) is 11.9 Å². The molecule has 0 aliphatic rings. The number of hydrogen-bond donors (Lipinski definition) is 0. The van der Waals surface area contributed by atoms with Crippen molar-refractivity contribution >= 4 is 11.3 Å². The van der Waals surface area contributed by atoms with Crippen LogP contribution in [0, 0.1) is 11.3 Å². The molecule has 0 N–H and O–H groups in total. The average Bonchev–Trinajstić information content (AvgIpc) is 2.96. The maximum absolute atomic E-state index is 13.1. The van der Waals surface area contributed by atoms with Gasteiger partial charge in [-0.1, -0.05) is 6.07 Å². The first kappa shape index (κ1) is 15.8. The molecule has 0 unspecified atom stereocenters. The summed E-state index contributed by atoms with van der Waals surface area (Å²) in [5.41, 5.74) is -0.334. The van der Waals surface area contributed by atoms with E-state index in [9.17, 15) is 13.2 Å². The minimum atomic E-state index is -4.58. The molecule has 24 heavy (non-hydrogen) atoms. The standard InChI is InChI=1S/C16H12F3N5/c1-23(10-15-22-21-14-4-2-3-7-24(14)15)12-6-5-11(9-20)13(8-12)16(17,18)19/h2-8H,10H2,1H3. The molecule has 0 radical (unpaired) electrons. The van der Waals surface area contributed by atoms with Gasteiger partial charge in [-0.05, 0) is 30.3 Å². The van der Waals surface area contributed by atoms with Gasteiger partial charge in [0.15, 0.2) is 11.5 Å². The number of anilines is 1. The minimum Gasteiger partial charge on any atom is -0.367 e. The molecule has 3 rings (SSSR count). The summed E-state index contributed by atoms with van der Waals surface area (Å²) in [4.78, 5) is 1.62. The second-order valence-corrected chi connectivity index (χ2v) is 5.24. The Hall–Kier alpha value is -3.08. The van der Waals surface area contributed by atoms with Crippen LogP contribution in [-0.2, 0) is 12.7 Å². The molecule has 0 amide bonds. The predicted molar refractivity (Wildman–Crippen MR) is 81.3 cm³/mol. The second-order valence-electron chi connectivity index (χ2n) is 5.24. The number of hydrogen-bond acceptors (Lipinski definition) is 4. The van der Waals surface area contributed by atoms with Crippen molar-refractivity contribution in [3.8, 4) is 6.07 Å². The average molecular weight is 331 g/mol. The Morgan fingerprint density at radius 1 is 1.21 bits per heavy atom. The second kappa shape index (κ2) is 5.85. The number of fused-ring (bicyclic) bond motifs is 1. The third kappa shape index (κ3) is 2.88. The minimum absolute atomic E-state index is 0.272. The van der Waals surface area contributed by atoms with Crippen molar-refractivity contribution in [3.63, 3.8) is 0 Å². The summed E-state index contributed by atoms with van der Waals surface area (Å²) in [6.45, 7) is 0.272. The first-order valence-corrected chi connectivity index (χ1v) is 7.01. The Kier molecular flexibility index (Phi) is 3.85. The van der Waals surface area contributed by atoms with Crippen LogP contribution in [0.1, 0.15) is 17.0 Å². The van der Waals surface area contributed by atoms with E-state index in [1.54, 1.807) is 34.7 Å². The van der Waals surface area contributed by atoms with E-state index in [2.05, 4.69) is 10.2 Å². The highest BCUT2D eigenvalue weighted by molar-refractivity contribution is 5.54. The molecule has 122 valence electrons. The summed E-state index contributed by atoms with van der Waals surface area (Å²) >= 11 is 0. The maximum atomic E-state index is 13.1. The van der Waals surface area contributed by atoms with Crippen LogP contribution in [0.2, 0.25) is 0 Å². The van der Waals surface area contributed by atoms with E-state index < -0.39 is 17.3 Å². The molecule has 2 heterocycles. The van der Waals surface area contributed by atoms with Crippen LogP contribution in [0.25, 0.3) is 5.65 Å². The van der Waals surface area contributed by atoms with E-state index in [-0.39, 0.29) is 6.54 Å². The van der Waals surface area contributed by atoms with Gasteiger partial charge in [0.2, 0.25) is 0 Å². The Morgan fingerprint density at radius 2 is 2.00 bits per heavy atom. The van der Waals surface area contributed by atoms with Gasteiger partial charge in [-0.2, -0.15) is 18.4 Å². The molecule has 2 aromatic heterocycles. The molecule has 0 saturated heterocycles. The van der Waals surface area contributed by atoms with Gasteiger partial charge in [-0.25, -0.2) is 0 Å². The fourth-order valence-corrected chi connectivity index (χ4v) is 2.40. The maximum Gasteiger partial charge on any atom is 0.417 e. The van der Waals surface area contributed by atoms with E-state index in [1.165, 1.54) is 12.1 Å². The highest BCUT2D eigenvalue weighted by Crippen LogP contribution is 2.34. The lowest BCUT2D eigenvalue weighted by molar-refractivity contribution is -0.137. The van der Waals surface area contributed by atoms with Crippen LogP contribution in [0.5, 0.6) is 0 Å². The van der Waals surface area contributed by atoms with Crippen molar-refractivity contribution in [1.82, 2.24) is 14.6 Å². The van der Waals surface area contributed by atoms with E-state index >= 15 is 0 Å². The van der Waals surface area contributed by atoms with Crippen LogP contribution >= 0.6 is 0 Å². The lowest BCUT2D eigenvalue weighted by Crippen LogP contribution is -2.19. The molecule has 5 nitrogen and oxygen atoms in total. The van der Waals surface area contributed by atoms with Crippen molar-refractivity contribution < 1.29 is 13.2 Å². The zero-order valence-electron chi connectivity index (χ0n) is 12.6. The van der Waals surface area contributed by atoms with Gasteiger partial charge in [0.25, 0.3) is 0 Å². The molecule has 0 fully saturated rings. The van der Waals surface area contributed by atoms with Crippen LogP contribution in [0.3, 0.4) is 0 Å². The molecular weight excluding hydrogens is 319 g/mol. The van der Waals surface area contributed by atoms with Crippen molar-refractivity contribution in [3.05, 3.63) is 59.5 Å². The number of alkyl halides is 3. The molecular formula is C16H12F3N5. The molecule has 0 spiro atoms. The predicted octanol–water partition coefficient (Wildman–Crippen LogP) is 3.26. The quantitative estimate of drug-likeness (QED) is 0.739. The number of pyridine rings is 1. The third-order valence-corrected chi connectivity index (χ3v) is 3.63. The molecule has 1 aromatic carbocycles. The molecule has 0 aliphatic heterocycles. The lowest BCUT2D eigenvalue weighted by Gasteiger charge is -2.20. The zero-order chi connectivity index (χ0) is 17.3. The molecule has 8 heteroatoms. The summed E-state index contributed by atoms with van der Waals surface area (Å²) in [6, 6.07) is 10.6. The van der Waals surface area contributed by atoms with Gasteiger partial charge in [0, 0.05) is 18.9 Å². The molecule has 0 atom stereocenters. The number of nitriles is 1. The summed E-state index contributed by atoms with van der Waals surface area (Å²) in [6.07, 6.45) is -2.79. The Bertz CT molecular complexity index is 923. The van der Waals surface area contributed by atoms with Crippen LogP contribution < -0.4 is 4.90 Å². The van der Waals surface area contributed by atoms with E-state index in [0.717, 1.165) is 6.07 Å². The molecule has 3 aromatic rings. The van der Waals surface area contributed by atoms with Crippen molar-refractivity contribution in [2.24, 2.45) is 0 Å². The normalized spacial score (nSPS) is 11.5. The fourth-order valence-electron chi connectivity index (χ4n) is 2.40. The van der Waals surface area contributed by atoms with Crippen molar-refractivity contribution in [2.45, 2.75) is 12.7 Å². The van der Waals surface area contributed by atoms with E-state index in [4.69, 9.17) is 5.26 Å². The summed E-state index contributed by atoms with van der Waals surface area (Å²) < 4.78 is 41.0. The van der Waals surface area contributed by atoms with Gasteiger partial charge in [0.1, 0.15) is 0 Å². The highest BCUT2D eigenvalue weighted by Gasteiger charge is 2.34. The SMILES string of the molecule is CN(Cc1nnc2ccccn12)c1ccc(C#N)c(C(F)(F)F)c1. The number of nitrogens with zero attached hydrogens (tertiary/aromatic N) is 5. The van der Waals surface area contributed by atoms with Crippen LogP contribution in [0.15, 0.2) is 42.6 Å². The third-order valence-electron chi connectivity index (χ3n) is 3.63. The lowest BCUT2D eigenvalue weighted by atomic mass is 10.1. The molecule has 0 saturated carbocycles. The summed E-state index contributed by atoms with van der Waals surface area (Å²) in [7, 11) is 1.66. The van der Waals surface area contributed by atoms with Crippen LogP contribution in [-0.4, -0.2) is 21.6 Å². The number of aromatic nitrogens is 3. The Morgan fingerprint density at radius 3 is 2.71 bits per heavy atom. The Balaban J connectivity index is 1.93. The fraction of sp³-hybridized carbons (Fsp3) is 0.188. The van der Waals surface area contributed by atoms with Gasteiger partial charge >= 0.3 is 6.18 Å². The van der Waals surface area contributed by atoms with Gasteiger partial charge < -0.3 is 4.90 Å². The molecule has 0 bridgehead atoms. The highest BCUT2D eigenvalue weighted by atomic mass is 19.4. The number of rotatable bonds is 3. The topological polar surface area (TPSA) is 57.2 Å². The van der Waals surface area contributed by atoms with Crippen LogP contribution in [0.4, 0.5) is 18.9 Å². The number of halogens is 3. The smallest absolute Gasteiger partial charge is 0.367 e. The summed E-state index contributed by atoms with van der Waals surface area (Å²) in [5.74, 6) is 0.603. The van der Waals surface area contributed by atoms with E-state index in [0.29, 0.717) is 17.2 Å². The first-order valence-electron chi connectivity index (χ1n) is 7.01. The van der Waals surface area contributed by atoms with Crippen molar-refractivity contribution in [1.29, 1.82) is 5.26 Å². The monoisotopic (exact) mass is 331 g/mol. The van der Waals surface area contributed by atoms with Gasteiger partial charge in [0.05, 0.1) is 23.7 Å². The zero-order valence-corrected chi connectivity index (χ0v) is 12.6. The van der Waals surface area contributed by atoms with Gasteiger partial charge in [-0.15, -0.1) is 10.2 Å². The largest absolute Gasteiger partial charge is 0.417 e. The molecule has 0 aliphatic carbocycles. The summed E-state index contributed by atoms with van der Waals surface area (Å²) in [5, 5.41) is 16.9.